The maximum Gasteiger partial charge on any atom is 0.306 e. The number of unbranched alkanes of at least 4 members (excludes halogenated alkanes) is 19. The normalized spacial score (nSPS) is 14.1. The molecule has 2 unspecified atom stereocenters. The molecule has 0 radical (unpaired) electrons. The molecule has 0 aromatic rings. The lowest BCUT2D eigenvalue weighted by Crippen LogP contribution is -2.37. The first-order valence-corrected chi connectivity index (χ1v) is 20.4. The molecule has 0 heterocycles. The highest BCUT2D eigenvalue weighted by Crippen LogP contribution is 2.38. The van der Waals surface area contributed by atoms with Crippen molar-refractivity contribution in [3.8, 4) is 0 Å². The number of esters is 1. The molecule has 2 atom stereocenters. The first kappa shape index (κ1) is 45.2. The molecule has 0 amide bonds. The molecule has 0 aromatic carbocycles. The van der Waals surface area contributed by atoms with Crippen LogP contribution in [0.15, 0.2) is 12.2 Å². The van der Waals surface area contributed by atoms with Crippen LogP contribution in [0.5, 0.6) is 0 Å². The van der Waals surface area contributed by atoms with Crippen LogP contribution < -0.4 is 4.89 Å². The topological polar surface area (TPSA) is 94.1 Å². The molecule has 0 aliphatic carbocycles. The maximum atomic E-state index is 12.3. The summed E-state index contributed by atoms with van der Waals surface area (Å²) in [6.45, 7) is 5.29. The van der Waals surface area contributed by atoms with Gasteiger partial charge in [-0.25, -0.2) is 0 Å². The number of rotatable bonds is 35. The van der Waals surface area contributed by atoms with Gasteiger partial charge in [-0.3, -0.25) is 9.36 Å². The number of carbonyl (C=O) groups is 1. The Morgan fingerprint density at radius 1 is 0.652 bits per heavy atom. The van der Waals surface area contributed by atoms with Crippen LogP contribution in [-0.2, 0) is 27.9 Å². The Bertz CT molecular complexity index is 756. The van der Waals surface area contributed by atoms with E-state index >= 15 is 0 Å². The Kier molecular flexibility index (Phi) is 31.0. The van der Waals surface area contributed by atoms with E-state index in [-0.39, 0.29) is 25.8 Å². The van der Waals surface area contributed by atoms with Crippen molar-refractivity contribution in [3.63, 3.8) is 0 Å². The Morgan fingerprint density at radius 3 is 1.65 bits per heavy atom. The Morgan fingerprint density at radius 2 is 1.13 bits per heavy atom. The van der Waals surface area contributed by atoms with E-state index in [1.807, 2.05) is 21.1 Å². The molecule has 46 heavy (non-hydrogen) atoms. The van der Waals surface area contributed by atoms with Gasteiger partial charge in [0.1, 0.15) is 19.3 Å². The van der Waals surface area contributed by atoms with E-state index < -0.39 is 13.9 Å². The van der Waals surface area contributed by atoms with Gasteiger partial charge in [0.2, 0.25) is 0 Å². The molecule has 0 spiro atoms. The lowest BCUT2D eigenvalue weighted by atomic mass is 10.1. The van der Waals surface area contributed by atoms with Gasteiger partial charge < -0.3 is 27.9 Å². The minimum absolute atomic E-state index is 0.0277. The third kappa shape index (κ3) is 34.6. The molecule has 0 saturated carbocycles. The van der Waals surface area contributed by atoms with Crippen LogP contribution in [-0.4, -0.2) is 70.7 Å². The summed E-state index contributed by atoms with van der Waals surface area (Å²) in [6, 6.07) is 0. The van der Waals surface area contributed by atoms with E-state index in [1.54, 1.807) is 0 Å². The number of carbonyl (C=O) groups excluding carboxylic acids is 1. The van der Waals surface area contributed by atoms with E-state index in [1.165, 1.54) is 103 Å². The van der Waals surface area contributed by atoms with Crippen LogP contribution in [0.3, 0.4) is 0 Å². The predicted molar refractivity (Wildman–Crippen MR) is 190 cm³/mol. The second-order valence-corrected chi connectivity index (χ2v) is 15.4. The van der Waals surface area contributed by atoms with Gasteiger partial charge in [-0.15, -0.1) is 0 Å². The van der Waals surface area contributed by atoms with Gasteiger partial charge in [-0.2, -0.15) is 0 Å². The lowest BCUT2D eigenvalue weighted by molar-refractivity contribution is -0.870. The molecule has 0 aromatic heterocycles. The molecule has 9 heteroatoms. The van der Waals surface area contributed by atoms with Crippen LogP contribution in [0.2, 0.25) is 0 Å². The van der Waals surface area contributed by atoms with Crippen LogP contribution in [0, 0.1) is 0 Å². The van der Waals surface area contributed by atoms with Gasteiger partial charge in [-0.1, -0.05) is 129 Å². The van der Waals surface area contributed by atoms with E-state index in [4.69, 9.17) is 18.5 Å². The molecule has 0 fully saturated rings. The van der Waals surface area contributed by atoms with Crippen molar-refractivity contribution >= 4 is 13.8 Å². The zero-order valence-corrected chi connectivity index (χ0v) is 31.7. The number of ether oxygens (including phenoxy) is 2. The van der Waals surface area contributed by atoms with Gasteiger partial charge in [0.25, 0.3) is 7.82 Å². The Labute approximate surface area is 284 Å². The van der Waals surface area contributed by atoms with Crippen LogP contribution in [0.4, 0.5) is 0 Å². The summed E-state index contributed by atoms with van der Waals surface area (Å²) in [5.74, 6) is -0.351. The molecule has 0 N–H and O–H groups in total. The molecule has 0 saturated heterocycles. The quantitative estimate of drug-likeness (QED) is 0.0217. The monoisotopic (exact) mass is 676 g/mol. The summed E-state index contributed by atoms with van der Waals surface area (Å²) in [5.41, 5.74) is 0. The molecule has 0 aliphatic heterocycles. The molecule has 274 valence electrons. The zero-order valence-electron chi connectivity index (χ0n) is 30.8. The van der Waals surface area contributed by atoms with Crippen LogP contribution in [0.1, 0.15) is 162 Å². The number of hydrogen-bond donors (Lipinski definition) is 0. The summed E-state index contributed by atoms with van der Waals surface area (Å²) in [4.78, 5) is 24.5. The number of likely N-dealkylation sites (N-methyl/N-ethyl adjacent to an activating group) is 1. The van der Waals surface area contributed by atoms with Crippen molar-refractivity contribution in [2.24, 2.45) is 0 Å². The number of nitrogens with zero attached hydrogens (tertiary/aromatic N) is 1. The van der Waals surface area contributed by atoms with Crippen molar-refractivity contribution < 1.29 is 37.3 Å². The summed E-state index contributed by atoms with van der Waals surface area (Å²) >= 11 is 0. The highest BCUT2D eigenvalue weighted by atomic mass is 31.2. The number of phosphoric ester groups is 1. The highest BCUT2D eigenvalue weighted by molar-refractivity contribution is 7.45. The predicted octanol–water partition coefficient (Wildman–Crippen LogP) is 9.69. The van der Waals surface area contributed by atoms with Crippen LogP contribution >= 0.6 is 7.82 Å². The van der Waals surface area contributed by atoms with Gasteiger partial charge in [0, 0.05) is 13.0 Å². The van der Waals surface area contributed by atoms with Crippen molar-refractivity contribution in [1.82, 2.24) is 0 Å². The van der Waals surface area contributed by atoms with E-state index in [2.05, 4.69) is 26.0 Å². The third-order valence-electron chi connectivity index (χ3n) is 8.07. The van der Waals surface area contributed by atoms with Gasteiger partial charge in [0.05, 0.1) is 34.4 Å². The molecular weight excluding hydrogens is 601 g/mol. The maximum absolute atomic E-state index is 12.3. The number of hydrogen-bond acceptors (Lipinski definition) is 7. The molecular formula is C37H74NO7P. The van der Waals surface area contributed by atoms with Crippen molar-refractivity contribution in [3.05, 3.63) is 12.2 Å². The Balaban J connectivity index is 3.97. The van der Waals surface area contributed by atoms with Gasteiger partial charge >= 0.3 is 5.97 Å². The van der Waals surface area contributed by atoms with Gasteiger partial charge in [-0.05, 0) is 38.5 Å². The fourth-order valence-corrected chi connectivity index (χ4v) is 5.80. The summed E-state index contributed by atoms with van der Waals surface area (Å²) in [6.07, 6.45) is 31.3. The highest BCUT2D eigenvalue weighted by Gasteiger charge is 2.20. The standard InChI is InChI=1S/C37H74NO7P/c1-6-8-10-12-13-14-15-16-17-18-19-20-21-22-23-24-25-26-27-29-32-42-34-36(45-37(39)30-28-11-9-7-2)35-44-46(40,41)43-33-31-38(3,4)5/h16-17,36H,6-15,18-35H2,1-5H3/b17-16-. The molecule has 0 aliphatic rings. The number of quaternary nitrogens is 1. The SMILES string of the molecule is CCCCCCCC/C=C\CCCCCCCCCCCCOCC(COP(=O)([O-])OCC[N+](C)(C)C)OC(=O)CCCCCC. The summed E-state index contributed by atoms with van der Waals surface area (Å²) in [7, 11) is 1.36. The smallest absolute Gasteiger partial charge is 0.306 e. The minimum atomic E-state index is -4.50. The fourth-order valence-electron chi connectivity index (χ4n) is 5.07. The van der Waals surface area contributed by atoms with E-state index in [9.17, 15) is 14.3 Å². The van der Waals surface area contributed by atoms with E-state index in [0.717, 1.165) is 38.5 Å². The molecule has 0 rings (SSSR count). The minimum Gasteiger partial charge on any atom is -0.756 e. The fraction of sp³-hybridized carbons (Fsp3) is 0.919. The first-order valence-electron chi connectivity index (χ1n) is 18.9. The average Bonchev–Trinajstić information content (AvgIpc) is 2.99. The molecule has 0 bridgehead atoms. The number of phosphoric acid groups is 1. The van der Waals surface area contributed by atoms with Gasteiger partial charge in [0.15, 0.2) is 0 Å². The number of allylic oxidation sites excluding steroid dienone is 2. The second kappa shape index (κ2) is 31.5. The van der Waals surface area contributed by atoms with E-state index in [0.29, 0.717) is 24.1 Å². The zero-order chi connectivity index (χ0) is 34.2. The molecule has 8 nitrogen and oxygen atoms in total. The lowest BCUT2D eigenvalue weighted by Gasteiger charge is -2.28. The second-order valence-electron chi connectivity index (χ2n) is 13.9. The average molecular weight is 676 g/mol. The van der Waals surface area contributed by atoms with Crippen molar-refractivity contribution in [2.75, 3.05) is 54.1 Å². The largest absolute Gasteiger partial charge is 0.756 e. The summed E-state index contributed by atoms with van der Waals surface area (Å²) < 4.78 is 34.1. The summed E-state index contributed by atoms with van der Waals surface area (Å²) in [5, 5.41) is 0. The van der Waals surface area contributed by atoms with Crippen LogP contribution in [0.25, 0.3) is 0 Å². The first-order chi connectivity index (χ1) is 22.1. The third-order valence-corrected chi connectivity index (χ3v) is 9.03. The van der Waals surface area contributed by atoms with Crippen molar-refractivity contribution in [2.45, 2.75) is 168 Å². The Hall–Kier alpha value is -0.760. The van der Waals surface area contributed by atoms with Crippen molar-refractivity contribution in [1.29, 1.82) is 0 Å².